The van der Waals surface area contributed by atoms with Crippen molar-refractivity contribution in [1.82, 2.24) is 15.0 Å². The summed E-state index contributed by atoms with van der Waals surface area (Å²) in [6.45, 7) is 3.40. The van der Waals surface area contributed by atoms with Crippen LogP contribution in [-0.2, 0) is 0 Å². The first-order valence-electron chi connectivity index (χ1n) is 8.69. The highest BCUT2D eigenvalue weighted by molar-refractivity contribution is 6.07. The lowest BCUT2D eigenvalue weighted by molar-refractivity contribution is 0.415. The van der Waals surface area contributed by atoms with Crippen LogP contribution in [0.1, 0.15) is 12.0 Å². The molecule has 2 heterocycles. The number of rotatable bonds is 5. The lowest BCUT2D eigenvalue weighted by Crippen LogP contribution is -2.10. The van der Waals surface area contributed by atoms with E-state index in [0.29, 0.717) is 6.54 Å². The fourth-order valence-electron chi connectivity index (χ4n) is 3.11. The van der Waals surface area contributed by atoms with Gasteiger partial charge in [0.05, 0.1) is 23.7 Å². The van der Waals surface area contributed by atoms with E-state index in [1.165, 1.54) is 0 Å². The van der Waals surface area contributed by atoms with Gasteiger partial charge in [-0.3, -0.25) is 0 Å². The molecule has 6 heteroatoms. The molecule has 0 unspecified atom stereocenters. The summed E-state index contributed by atoms with van der Waals surface area (Å²) in [6, 6.07) is 10.0. The van der Waals surface area contributed by atoms with E-state index in [-0.39, 0.29) is 0 Å². The fourth-order valence-corrected chi connectivity index (χ4v) is 3.11. The predicted octanol–water partition coefficient (Wildman–Crippen LogP) is 3.41. The molecule has 26 heavy (non-hydrogen) atoms. The second kappa shape index (κ2) is 6.72. The molecule has 0 spiro atoms. The van der Waals surface area contributed by atoms with E-state index in [2.05, 4.69) is 16.4 Å². The smallest absolute Gasteiger partial charge is 0.154 e. The Labute approximate surface area is 151 Å². The standard InChI is InChI=1S/C20H21N5O/c1-12-11-23-20(22-9-3-8-21)19-17(12)24-16-7-4-13-10-14(26-2)5-6-15(13)18(16)25-19/h4-7,10-11H,3,8-9,21H2,1-2H3,(H,22,23). The van der Waals surface area contributed by atoms with Crippen LogP contribution >= 0.6 is 0 Å². The van der Waals surface area contributed by atoms with Crippen molar-refractivity contribution >= 4 is 38.7 Å². The summed E-state index contributed by atoms with van der Waals surface area (Å²) in [7, 11) is 1.67. The van der Waals surface area contributed by atoms with Gasteiger partial charge in [0.1, 0.15) is 11.3 Å². The van der Waals surface area contributed by atoms with E-state index in [9.17, 15) is 0 Å². The van der Waals surface area contributed by atoms with Crippen LogP contribution in [0.4, 0.5) is 5.82 Å². The van der Waals surface area contributed by atoms with Crippen LogP contribution in [0.2, 0.25) is 0 Å². The van der Waals surface area contributed by atoms with Crippen molar-refractivity contribution in [2.45, 2.75) is 13.3 Å². The molecule has 2 aromatic heterocycles. The zero-order valence-corrected chi connectivity index (χ0v) is 14.9. The van der Waals surface area contributed by atoms with Gasteiger partial charge < -0.3 is 15.8 Å². The van der Waals surface area contributed by atoms with Crippen LogP contribution in [0.5, 0.6) is 5.75 Å². The maximum atomic E-state index is 5.59. The molecule has 6 nitrogen and oxygen atoms in total. The van der Waals surface area contributed by atoms with E-state index in [4.69, 9.17) is 20.4 Å². The molecule has 0 aliphatic heterocycles. The average Bonchev–Trinajstić information content (AvgIpc) is 2.68. The van der Waals surface area contributed by atoms with E-state index >= 15 is 0 Å². The maximum Gasteiger partial charge on any atom is 0.154 e. The molecule has 4 aromatic rings. The van der Waals surface area contributed by atoms with Gasteiger partial charge in [0.15, 0.2) is 5.82 Å². The van der Waals surface area contributed by atoms with Gasteiger partial charge in [-0.15, -0.1) is 0 Å². The first-order chi connectivity index (χ1) is 12.7. The number of fused-ring (bicyclic) bond motifs is 4. The second-order valence-electron chi connectivity index (χ2n) is 6.30. The lowest BCUT2D eigenvalue weighted by Gasteiger charge is -2.11. The number of methoxy groups -OCH3 is 1. The number of hydrogen-bond donors (Lipinski definition) is 2. The van der Waals surface area contributed by atoms with Gasteiger partial charge in [-0.1, -0.05) is 6.07 Å². The van der Waals surface area contributed by atoms with Crippen molar-refractivity contribution in [3.63, 3.8) is 0 Å². The zero-order valence-electron chi connectivity index (χ0n) is 14.9. The monoisotopic (exact) mass is 347 g/mol. The minimum atomic E-state index is 0.637. The third-order valence-corrected chi connectivity index (χ3v) is 4.52. The van der Waals surface area contributed by atoms with E-state index in [1.54, 1.807) is 7.11 Å². The molecule has 0 fully saturated rings. The molecule has 132 valence electrons. The number of nitrogens with zero attached hydrogens (tertiary/aromatic N) is 3. The number of nitrogens with one attached hydrogen (secondary N) is 1. The molecule has 4 rings (SSSR count). The van der Waals surface area contributed by atoms with Crippen molar-refractivity contribution < 1.29 is 4.74 Å². The third kappa shape index (κ3) is 2.78. The van der Waals surface area contributed by atoms with Crippen LogP contribution in [0.3, 0.4) is 0 Å². The first kappa shape index (κ1) is 16.5. The Bertz CT molecular complexity index is 1110. The van der Waals surface area contributed by atoms with Crippen molar-refractivity contribution in [3.05, 3.63) is 42.1 Å². The normalized spacial score (nSPS) is 11.3. The van der Waals surface area contributed by atoms with Crippen molar-refractivity contribution in [3.8, 4) is 5.75 Å². The summed E-state index contributed by atoms with van der Waals surface area (Å²) in [5, 5.41) is 5.45. The van der Waals surface area contributed by atoms with Crippen LogP contribution in [0.25, 0.3) is 32.8 Å². The molecule has 3 N–H and O–H groups in total. The van der Waals surface area contributed by atoms with Crippen LogP contribution in [0.15, 0.2) is 36.5 Å². The largest absolute Gasteiger partial charge is 0.497 e. The van der Waals surface area contributed by atoms with E-state index in [0.717, 1.165) is 62.9 Å². The number of pyridine rings is 1. The number of anilines is 1. The fraction of sp³-hybridized carbons (Fsp3) is 0.250. The Morgan fingerprint density at radius 1 is 1.08 bits per heavy atom. The lowest BCUT2D eigenvalue weighted by atomic mass is 10.1. The van der Waals surface area contributed by atoms with Crippen molar-refractivity contribution in [1.29, 1.82) is 0 Å². The summed E-state index contributed by atoms with van der Waals surface area (Å²) < 4.78 is 5.33. The zero-order chi connectivity index (χ0) is 18.1. The molecule has 0 bridgehead atoms. The van der Waals surface area contributed by atoms with Crippen molar-refractivity contribution in [2.75, 3.05) is 25.5 Å². The number of aromatic nitrogens is 3. The Morgan fingerprint density at radius 2 is 1.96 bits per heavy atom. The number of ether oxygens (including phenoxy) is 1. The van der Waals surface area contributed by atoms with E-state index < -0.39 is 0 Å². The second-order valence-corrected chi connectivity index (χ2v) is 6.30. The number of benzene rings is 2. The summed E-state index contributed by atoms with van der Waals surface area (Å²) >= 11 is 0. The Balaban J connectivity index is 1.97. The molecular weight excluding hydrogens is 326 g/mol. The summed E-state index contributed by atoms with van der Waals surface area (Å²) in [5.74, 6) is 1.58. The van der Waals surface area contributed by atoms with Gasteiger partial charge >= 0.3 is 0 Å². The predicted molar refractivity (Wildman–Crippen MR) is 106 cm³/mol. The highest BCUT2D eigenvalue weighted by atomic mass is 16.5. The van der Waals surface area contributed by atoms with E-state index in [1.807, 2.05) is 37.4 Å². The SMILES string of the molecule is COc1ccc2c(ccc3nc4c(C)cnc(NCCCN)c4nc32)c1. The van der Waals surface area contributed by atoms with Gasteiger partial charge in [-0.2, -0.15) is 0 Å². The molecule has 0 saturated heterocycles. The summed E-state index contributed by atoms with van der Waals surface area (Å²) in [4.78, 5) is 14.3. The van der Waals surface area contributed by atoms with Gasteiger partial charge in [0.25, 0.3) is 0 Å². The number of hydrogen-bond acceptors (Lipinski definition) is 6. The van der Waals surface area contributed by atoms with Gasteiger partial charge in [0, 0.05) is 18.1 Å². The van der Waals surface area contributed by atoms with Crippen LogP contribution in [-0.4, -0.2) is 35.2 Å². The molecule has 2 aromatic carbocycles. The van der Waals surface area contributed by atoms with Crippen LogP contribution < -0.4 is 15.8 Å². The van der Waals surface area contributed by atoms with Gasteiger partial charge in [-0.05, 0) is 55.1 Å². The minimum absolute atomic E-state index is 0.637. The Hall–Kier alpha value is -2.99. The quantitative estimate of drug-likeness (QED) is 0.327. The Morgan fingerprint density at radius 3 is 2.77 bits per heavy atom. The molecular formula is C20H21N5O. The molecule has 0 radical (unpaired) electrons. The van der Waals surface area contributed by atoms with Crippen LogP contribution in [0, 0.1) is 6.92 Å². The first-order valence-corrected chi connectivity index (χ1v) is 8.69. The highest BCUT2D eigenvalue weighted by Crippen LogP contribution is 2.30. The van der Waals surface area contributed by atoms with Gasteiger partial charge in [0.2, 0.25) is 0 Å². The molecule has 0 saturated carbocycles. The Kier molecular flexibility index (Phi) is 4.26. The average molecular weight is 347 g/mol. The van der Waals surface area contributed by atoms with Crippen molar-refractivity contribution in [2.24, 2.45) is 5.73 Å². The summed E-state index contributed by atoms with van der Waals surface area (Å²) in [5.41, 5.74) is 10.00. The highest BCUT2D eigenvalue weighted by Gasteiger charge is 2.12. The molecule has 0 amide bonds. The third-order valence-electron chi connectivity index (χ3n) is 4.52. The number of aryl methyl sites for hydroxylation is 1. The molecule has 0 aliphatic carbocycles. The maximum absolute atomic E-state index is 5.59. The minimum Gasteiger partial charge on any atom is -0.497 e. The summed E-state index contributed by atoms with van der Waals surface area (Å²) in [6.07, 6.45) is 2.71. The molecule has 0 aliphatic rings. The topological polar surface area (TPSA) is 86.0 Å². The number of nitrogens with two attached hydrogens (primary N) is 1. The molecule has 0 atom stereocenters. The van der Waals surface area contributed by atoms with Gasteiger partial charge in [-0.25, -0.2) is 15.0 Å².